The van der Waals surface area contributed by atoms with E-state index in [2.05, 4.69) is 16.6 Å². The van der Waals surface area contributed by atoms with Crippen molar-refractivity contribution in [3.8, 4) is 0 Å². The number of hydrogen-bond acceptors (Lipinski definition) is 3. The zero-order chi connectivity index (χ0) is 12.2. The third-order valence-corrected chi connectivity index (χ3v) is 3.46. The van der Waals surface area contributed by atoms with E-state index in [-0.39, 0.29) is 16.5 Å². The van der Waals surface area contributed by atoms with Gasteiger partial charge in [-0.05, 0) is 24.3 Å². The Morgan fingerprint density at radius 3 is 2.38 bits per heavy atom. The van der Waals surface area contributed by atoms with Gasteiger partial charge in [-0.1, -0.05) is 18.2 Å². The molecule has 88 valence electrons. The molecule has 0 aliphatic rings. The maximum absolute atomic E-state index is 11.7. The molecule has 16 heavy (non-hydrogen) atoms. The van der Waals surface area contributed by atoms with Crippen LogP contribution in [-0.4, -0.2) is 22.0 Å². The van der Waals surface area contributed by atoms with Crippen molar-refractivity contribution in [3.05, 3.63) is 35.9 Å². The van der Waals surface area contributed by atoms with Crippen LogP contribution < -0.4 is 10.0 Å². The highest BCUT2D eigenvalue weighted by Crippen LogP contribution is 2.13. The molecule has 4 nitrogen and oxygen atoms in total. The molecule has 1 aromatic carbocycles. The van der Waals surface area contributed by atoms with Gasteiger partial charge in [0.2, 0.25) is 10.0 Å². The summed E-state index contributed by atoms with van der Waals surface area (Å²) in [5.74, 6) is 0. The fourth-order valence-electron chi connectivity index (χ4n) is 1.06. The van der Waals surface area contributed by atoms with Crippen LogP contribution in [-0.2, 0) is 10.0 Å². The molecule has 0 atom stereocenters. The van der Waals surface area contributed by atoms with E-state index in [1.54, 1.807) is 19.2 Å². The number of benzene rings is 1. The molecule has 6 heteroatoms. The monoisotopic (exact) mass is 260 g/mol. The summed E-state index contributed by atoms with van der Waals surface area (Å²) in [5, 5.41) is 3.15. The summed E-state index contributed by atoms with van der Waals surface area (Å²) in [6.07, 6.45) is 0. The molecule has 1 rings (SSSR count). The third-order valence-electron chi connectivity index (χ3n) is 1.91. The summed E-state index contributed by atoms with van der Waals surface area (Å²) in [6.45, 7) is 3.43. The van der Waals surface area contributed by atoms with Crippen molar-refractivity contribution < 1.29 is 8.42 Å². The van der Waals surface area contributed by atoms with Crippen molar-refractivity contribution >= 4 is 27.3 Å². The molecule has 0 spiro atoms. The van der Waals surface area contributed by atoms with Crippen LogP contribution in [0.15, 0.2) is 40.8 Å². The van der Waals surface area contributed by atoms with Crippen molar-refractivity contribution in [2.45, 2.75) is 4.90 Å². The lowest BCUT2D eigenvalue weighted by atomic mass is 10.3. The summed E-state index contributed by atoms with van der Waals surface area (Å²) in [6, 6.07) is 6.41. The molecule has 0 saturated heterocycles. The zero-order valence-electron chi connectivity index (χ0n) is 8.83. The number of rotatable bonds is 5. The Kier molecular flexibility index (Phi) is 4.35. The third kappa shape index (κ3) is 3.52. The first-order valence-corrected chi connectivity index (χ1v) is 6.42. The Hall–Kier alpha value is -1.04. The number of halogens is 1. The molecule has 0 bridgehead atoms. The molecule has 0 saturated carbocycles. The van der Waals surface area contributed by atoms with E-state index in [9.17, 15) is 8.42 Å². The van der Waals surface area contributed by atoms with E-state index in [0.717, 1.165) is 5.69 Å². The maximum Gasteiger partial charge on any atom is 0.240 e. The van der Waals surface area contributed by atoms with Gasteiger partial charge in [0.15, 0.2) is 0 Å². The van der Waals surface area contributed by atoms with Gasteiger partial charge in [-0.2, -0.15) is 0 Å². The van der Waals surface area contributed by atoms with Gasteiger partial charge >= 0.3 is 0 Å². The highest BCUT2D eigenvalue weighted by Gasteiger charge is 2.12. The fraction of sp³-hybridized carbons (Fsp3) is 0.200. The highest BCUT2D eigenvalue weighted by atomic mass is 35.5. The molecule has 2 N–H and O–H groups in total. The van der Waals surface area contributed by atoms with Crippen LogP contribution in [0, 0.1) is 0 Å². The van der Waals surface area contributed by atoms with Crippen LogP contribution in [0.25, 0.3) is 0 Å². The largest absolute Gasteiger partial charge is 0.388 e. The van der Waals surface area contributed by atoms with Crippen LogP contribution in [0.4, 0.5) is 5.69 Å². The number of nitrogens with one attached hydrogen (secondary N) is 2. The molecule has 0 aliphatic carbocycles. The SMILES string of the molecule is C=C(Cl)CNS(=O)(=O)c1ccc(NC)cc1. The van der Waals surface area contributed by atoms with E-state index in [1.165, 1.54) is 12.1 Å². The van der Waals surface area contributed by atoms with Gasteiger partial charge in [0.25, 0.3) is 0 Å². The Morgan fingerprint density at radius 2 is 1.94 bits per heavy atom. The Labute approximate surface area is 100 Å². The van der Waals surface area contributed by atoms with E-state index in [1.807, 2.05) is 0 Å². The molecule has 0 aromatic heterocycles. The average molecular weight is 261 g/mol. The van der Waals surface area contributed by atoms with Crippen LogP contribution in [0.5, 0.6) is 0 Å². The second-order valence-electron chi connectivity index (χ2n) is 3.12. The molecule has 0 radical (unpaired) electrons. The van der Waals surface area contributed by atoms with E-state index >= 15 is 0 Å². The van der Waals surface area contributed by atoms with E-state index in [0.29, 0.717) is 0 Å². The standard InChI is InChI=1S/C10H13ClN2O2S/c1-8(11)7-13-16(14,15)10-5-3-9(12-2)4-6-10/h3-6,12-13H,1,7H2,2H3. The normalized spacial score (nSPS) is 11.1. The predicted octanol–water partition coefficient (Wildman–Crippen LogP) is 1.76. The summed E-state index contributed by atoms with van der Waals surface area (Å²) in [4.78, 5) is 0.199. The molecular weight excluding hydrogens is 248 g/mol. The van der Waals surface area contributed by atoms with Crippen LogP contribution in [0.2, 0.25) is 0 Å². The average Bonchev–Trinajstić information content (AvgIpc) is 2.27. The quantitative estimate of drug-likeness (QED) is 0.848. The lowest BCUT2D eigenvalue weighted by Crippen LogP contribution is -2.24. The first kappa shape index (κ1) is 13.0. The lowest BCUT2D eigenvalue weighted by Gasteiger charge is -2.06. The van der Waals surface area contributed by atoms with Gasteiger partial charge in [-0.3, -0.25) is 0 Å². The van der Waals surface area contributed by atoms with Crippen molar-refractivity contribution in [3.63, 3.8) is 0 Å². The van der Waals surface area contributed by atoms with Gasteiger partial charge in [-0.25, -0.2) is 13.1 Å². The van der Waals surface area contributed by atoms with Crippen LogP contribution >= 0.6 is 11.6 Å². The minimum atomic E-state index is -3.50. The van der Waals surface area contributed by atoms with Crippen molar-refractivity contribution in [2.75, 3.05) is 18.9 Å². The van der Waals surface area contributed by atoms with Gasteiger partial charge in [0.1, 0.15) is 0 Å². The first-order valence-electron chi connectivity index (χ1n) is 4.56. The molecule has 0 unspecified atom stereocenters. The lowest BCUT2D eigenvalue weighted by molar-refractivity contribution is 0.585. The smallest absolute Gasteiger partial charge is 0.240 e. The first-order chi connectivity index (χ1) is 7.45. The summed E-state index contributed by atoms with van der Waals surface area (Å²) < 4.78 is 25.7. The summed E-state index contributed by atoms with van der Waals surface area (Å²) in [7, 11) is -1.74. The van der Waals surface area contributed by atoms with Crippen molar-refractivity contribution in [1.29, 1.82) is 0 Å². The Balaban J connectivity index is 2.85. The Bertz CT molecular complexity index is 468. The Morgan fingerprint density at radius 1 is 1.38 bits per heavy atom. The number of hydrogen-bond donors (Lipinski definition) is 2. The molecule has 0 amide bonds. The highest BCUT2D eigenvalue weighted by molar-refractivity contribution is 7.89. The molecule has 0 heterocycles. The number of sulfonamides is 1. The maximum atomic E-state index is 11.7. The van der Waals surface area contributed by atoms with Gasteiger partial charge < -0.3 is 5.32 Å². The van der Waals surface area contributed by atoms with Crippen molar-refractivity contribution in [1.82, 2.24) is 4.72 Å². The topological polar surface area (TPSA) is 58.2 Å². The van der Waals surface area contributed by atoms with E-state index < -0.39 is 10.0 Å². The molecule has 0 aliphatic heterocycles. The minimum absolute atomic E-state index is 0.0255. The van der Waals surface area contributed by atoms with Crippen molar-refractivity contribution in [2.24, 2.45) is 0 Å². The summed E-state index contributed by atoms with van der Waals surface area (Å²) in [5.41, 5.74) is 0.848. The van der Waals surface area contributed by atoms with Gasteiger partial charge in [0, 0.05) is 24.3 Å². The predicted molar refractivity (Wildman–Crippen MR) is 66.2 cm³/mol. The summed E-state index contributed by atoms with van der Waals surface area (Å²) >= 11 is 5.49. The molecule has 1 aromatic rings. The minimum Gasteiger partial charge on any atom is -0.388 e. The van der Waals surface area contributed by atoms with Gasteiger partial charge in [0.05, 0.1) is 4.90 Å². The van der Waals surface area contributed by atoms with Crippen LogP contribution in [0.1, 0.15) is 0 Å². The second kappa shape index (κ2) is 5.34. The fourth-order valence-corrected chi connectivity index (χ4v) is 2.23. The van der Waals surface area contributed by atoms with Gasteiger partial charge in [-0.15, -0.1) is 0 Å². The number of anilines is 1. The molecule has 0 fully saturated rings. The second-order valence-corrected chi connectivity index (χ2v) is 5.42. The van der Waals surface area contributed by atoms with Crippen LogP contribution in [0.3, 0.4) is 0 Å². The zero-order valence-corrected chi connectivity index (χ0v) is 10.4. The molecular formula is C10H13ClN2O2S. The van der Waals surface area contributed by atoms with E-state index in [4.69, 9.17) is 11.6 Å².